The van der Waals surface area contributed by atoms with E-state index in [1.165, 1.54) is 5.56 Å². The van der Waals surface area contributed by atoms with Crippen LogP contribution in [0.25, 0.3) is 0 Å². The van der Waals surface area contributed by atoms with E-state index in [-0.39, 0.29) is 5.60 Å². The first-order valence-electron chi connectivity index (χ1n) is 7.00. The fourth-order valence-corrected chi connectivity index (χ4v) is 2.72. The summed E-state index contributed by atoms with van der Waals surface area (Å²) in [5.41, 5.74) is 1.32. The Labute approximate surface area is 110 Å². The highest BCUT2D eigenvalue weighted by Gasteiger charge is 2.34. The van der Waals surface area contributed by atoms with Crippen molar-refractivity contribution in [2.24, 2.45) is 0 Å². The molecule has 0 amide bonds. The third-order valence-corrected chi connectivity index (χ3v) is 4.05. The van der Waals surface area contributed by atoms with Gasteiger partial charge in [0.2, 0.25) is 0 Å². The van der Waals surface area contributed by atoms with Gasteiger partial charge in [0.1, 0.15) is 5.82 Å². The van der Waals surface area contributed by atoms with Crippen molar-refractivity contribution in [1.82, 2.24) is 4.98 Å². The van der Waals surface area contributed by atoms with Crippen LogP contribution >= 0.6 is 0 Å². The molecule has 1 N–H and O–H groups in total. The summed E-state index contributed by atoms with van der Waals surface area (Å²) in [5, 5.41) is 3.55. The molecule has 1 saturated heterocycles. The van der Waals surface area contributed by atoms with Crippen molar-refractivity contribution >= 4 is 5.82 Å². The Morgan fingerprint density at radius 1 is 1.44 bits per heavy atom. The van der Waals surface area contributed by atoms with E-state index < -0.39 is 0 Å². The van der Waals surface area contributed by atoms with Gasteiger partial charge in [0.05, 0.1) is 5.60 Å². The lowest BCUT2D eigenvalue weighted by Crippen LogP contribution is -2.43. The average molecular weight is 248 g/mol. The normalized spacial score (nSPS) is 22.7. The Morgan fingerprint density at radius 2 is 2.22 bits per heavy atom. The summed E-state index contributed by atoms with van der Waals surface area (Å²) in [5.74, 6) is 0.989. The summed E-state index contributed by atoms with van der Waals surface area (Å²) in [6.07, 6.45) is 6.18. The van der Waals surface area contributed by atoms with E-state index in [1.54, 1.807) is 0 Å². The Hall–Kier alpha value is -1.09. The van der Waals surface area contributed by atoms with Crippen LogP contribution in [0.2, 0.25) is 0 Å². The van der Waals surface area contributed by atoms with Gasteiger partial charge in [0.25, 0.3) is 0 Å². The molecule has 0 bridgehead atoms. The lowest BCUT2D eigenvalue weighted by atomic mass is 9.86. The zero-order valence-corrected chi connectivity index (χ0v) is 11.7. The summed E-state index contributed by atoms with van der Waals surface area (Å²) in [4.78, 5) is 4.38. The molecule has 1 aromatic heterocycles. The lowest BCUT2D eigenvalue weighted by molar-refractivity contribution is -0.0864. The number of hydrogen-bond acceptors (Lipinski definition) is 3. The molecule has 0 aromatic carbocycles. The molecule has 0 aliphatic carbocycles. The van der Waals surface area contributed by atoms with Crippen LogP contribution in [-0.2, 0) is 4.74 Å². The van der Waals surface area contributed by atoms with Crippen LogP contribution in [0.5, 0.6) is 0 Å². The smallest absolute Gasteiger partial charge is 0.126 e. The van der Waals surface area contributed by atoms with Crippen molar-refractivity contribution in [2.45, 2.75) is 58.1 Å². The van der Waals surface area contributed by atoms with Crippen LogP contribution in [0.1, 0.15) is 45.1 Å². The number of hydrogen-bond donors (Lipinski definition) is 1. The number of rotatable bonds is 4. The van der Waals surface area contributed by atoms with Gasteiger partial charge >= 0.3 is 0 Å². The van der Waals surface area contributed by atoms with Gasteiger partial charge in [-0.05, 0) is 50.3 Å². The molecule has 3 heteroatoms. The molecule has 2 rings (SSSR count). The highest BCUT2D eigenvalue weighted by Crippen LogP contribution is 2.32. The maximum absolute atomic E-state index is 6.00. The molecule has 1 unspecified atom stereocenters. The van der Waals surface area contributed by atoms with E-state index in [0.717, 1.165) is 38.1 Å². The van der Waals surface area contributed by atoms with Gasteiger partial charge in [-0.25, -0.2) is 4.98 Å². The van der Waals surface area contributed by atoms with E-state index in [1.807, 2.05) is 12.3 Å². The predicted molar refractivity (Wildman–Crippen MR) is 74.9 cm³/mol. The van der Waals surface area contributed by atoms with Gasteiger partial charge in [-0.15, -0.1) is 0 Å². The lowest BCUT2D eigenvalue weighted by Gasteiger charge is -2.40. The highest BCUT2D eigenvalue weighted by atomic mass is 16.5. The molecule has 100 valence electrons. The molecule has 1 aromatic rings. The minimum absolute atomic E-state index is 0.0692. The van der Waals surface area contributed by atoms with E-state index in [4.69, 9.17) is 4.74 Å². The van der Waals surface area contributed by atoms with E-state index in [9.17, 15) is 0 Å². The van der Waals surface area contributed by atoms with Crippen LogP contribution < -0.4 is 5.32 Å². The Kier molecular flexibility index (Phi) is 4.23. The SMILES string of the molecule is CCC1(CC)CC(Nc2cc(C)ccn2)CCO1. The Morgan fingerprint density at radius 3 is 2.89 bits per heavy atom. The van der Waals surface area contributed by atoms with Crippen LogP contribution in [-0.4, -0.2) is 23.2 Å². The van der Waals surface area contributed by atoms with Crippen molar-refractivity contribution in [3.05, 3.63) is 23.9 Å². The first-order valence-corrected chi connectivity index (χ1v) is 7.00. The first kappa shape index (κ1) is 13.3. The van der Waals surface area contributed by atoms with Gasteiger partial charge in [0.15, 0.2) is 0 Å². The quantitative estimate of drug-likeness (QED) is 0.885. The number of aromatic nitrogens is 1. The monoisotopic (exact) mass is 248 g/mol. The second-order valence-electron chi connectivity index (χ2n) is 5.29. The molecule has 2 heterocycles. The third kappa shape index (κ3) is 3.02. The van der Waals surface area contributed by atoms with Gasteiger partial charge in [-0.3, -0.25) is 0 Å². The highest BCUT2D eigenvalue weighted by molar-refractivity contribution is 5.38. The average Bonchev–Trinajstić information content (AvgIpc) is 2.39. The summed E-state index contributed by atoms with van der Waals surface area (Å²) in [6, 6.07) is 4.61. The molecule has 1 atom stereocenters. The van der Waals surface area contributed by atoms with Crippen LogP contribution in [0.3, 0.4) is 0 Å². The molecule has 3 nitrogen and oxygen atoms in total. The standard InChI is InChI=1S/C15H24N2O/c1-4-15(5-2)11-13(7-9-18-15)17-14-10-12(3)6-8-16-14/h6,8,10,13H,4-5,7,9,11H2,1-3H3,(H,16,17). The zero-order valence-electron chi connectivity index (χ0n) is 11.7. The van der Waals surface area contributed by atoms with E-state index in [2.05, 4.69) is 37.1 Å². The number of nitrogens with one attached hydrogen (secondary N) is 1. The van der Waals surface area contributed by atoms with E-state index in [0.29, 0.717) is 6.04 Å². The van der Waals surface area contributed by atoms with Crippen molar-refractivity contribution < 1.29 is 4.74 Å². The first-order chi connectivity index (χ1) is 8.67. The minimum atomic E-state index is 0.0692. The van der Waals surface area contributed by atoms with Crippen molar-refractivity contribution in [1.29, 1.82) is 0 Å². The number of ether oxygens (including phenoxy) is 1. The Balaban J connectivity index is 2.01. The molecular weight excluding hydrogens is 224 g/mol. The minimum Gasteiger partial charge on any atom is -0.375 e. The van der Waals surface area contributed by atoms with Gasteiger partial charge in [-0.2, -0.15) is 0 Å². The summed E-state index contributed by atoms with van der Waals surface area (Å²) in [7, 11) is 0. The van der Waals surface area contributed by atoms with Crippen molar-refractivity contribution in [3.63, 3.8) is 0 Å². The molecule has 1 aliphatic heterocycles. The van der Waals surface area contributed by atoms with Crippen LogP contribution in [0, 0.1) is 6.92 Å². The third-order valence-electron chi connectivity index (χ3n) is 4.05. The second kappa shape index (κ2) is 5.70. The van der Waals surface area contributed by atoms with Crippen molar-refractivity contribution in [2.75, 3.05) is 11.9 Å². The van der Waals surface area contributed by atoms with Gasteiger partial charge in [-0.1, -0.05) is 13.8 Å². The van der Waals surface area contributed by atoms with Crippen molar-refractivity contribution in [3.8, 4) is 0 Å². The van der Waals surface area contributed by atoms with Gasteiger partial charge in [0, 0.05) is 18.8 Å². The largest absolute Gasteiger partial charge is 0.375 e. The summed E-state index contributed by atoms with van der Waals surface area (Å²) in [6.45, 7) is 7.39. The van der Waals surface area contributed by atoms with Crippen LogP contribution in [0.4, 0.5) is 5.82 Å². The number of aryl methyl sites for hydroxylation is 1. The number of pyridine rings is 1. The number of anilines is 1. The zero-order chi connectivity index (χ0) is 13.0. The van der Waals surface area contributed by atoms with E-state index >= 15 is 0 Å². The molecule has 0 radical (unpaired) electrons. The molecule has 1 aliphatic rings. The van der Waals surface area contributed by atoms with Gasteiger partial charge < -0.3 is 10.1 Å². The Bertz CT molecular complexity index is 388. The maximum Gasteiger partial charge on any atom is 0.126 e. The fourth-order valence-electron chi connectivity index (χ4n) is 2.72. The summed E-state index contributed by atoms with van der Waals surface area (Å²) < 4.78 is 6.00. The fraction of sp³-hybridized carbons (Fsp3) is 0.667. The second-order valence-corrected chi connectivity index (χ2v) is 5.29. The molecule has 0 saturated carbocycles. The molecule has 0 spiro atoms. The topological polar surface area (TPSA) is 34.2 Å². The number of nitrogens with zero attached hydrogens (tertiary/aromatic N) is 1. The molecule has 18 heavy (non-hydrogen) atoms. The molecular formula is C15H24N2O. The maximum atomic E-state index is 6.00. The molecule has 1 fully saturated rings. The van der Waals surface area contributed by atoms with Crippen LogP contribution in [0.15, 0.2) is 18.3 Å². The predicted octanol–water partition coefficient (Wildman–Crippen LogP) is 3.54. The summed E-state index contributed by atoms with van der Waals surface area (Å²) >= 11 is 0.